The first-order valence-corrected chi connectivity index (χ1v) is 5.41. The summed E-state index contributed by atoms with van der Waals surface area (Å²) in [6.45, 7) is 1.19. The van der Waals surface area contributed by atoms with Crippen molar-refractivity contribution in [3.8, 4) is 0 Å². The minimum Gasteiger partial charge on any atom is -0.297 e. The lowest BCUT2D eigenvalue weighted by Gasteiger charge is -2.15. The van der Waals surface area contributed by atoms with Crippen LogP contribution in [0.4, 0.5) is 13.2 Å². The van der Waals surface area contributed by atoms with Crippen molar-refractivity contribution in [2.24, 2.45) is 0 Å². The van der Waals surface area contributed by atoms with Gasteiger partial charge in [-0.15, -0.1) is 0 Å². The molecule has 1 unspecified atom stereocenters. The molecule has 1 aromatic rings. The third-order valence-corrected chi connectivity index (χ3v) is 3.01. The molecule has 1 saturated heterocycles. The van der Waals surface area contributed by atoms with E-state index < -0.39 is 6.43 Å². The zero-order chi connectivity index (χ0) is 11.5. The molecule has 1 aliphatic rings. The van der Waals surface area contributed by atoms with Crippen molar-refractivity contribution in [2.75, 3.05) is 19.6 Å². The Morgan fingerprint density at radius 3 is 2.56 bits per heavy atom. The molecule has 1 aliphatic heterocycles. The number of likely N-dealkylation sites (tertiary alicyclic amines) is 1. The van der Waals surface area contributed by atoms with Crippen molar-refractivity contribution >= 4 is 0 Å². The van der Waals surface area contributed by atoms with Gasteiger partial charge < -0.3 is 0 Å². The minimum absolute atomic E-state index is 0.155. The molecule has 1 heterocycles. The van der Waals surface area contributed by atoms with Crippen LogP contribution in [0.5, 0.6) is 0 Å². The monoisotopic (exact) mass is 229 g/mol. The van der Waals surface area contributed by atoms with E-state index >= 15 is 0 Å². The second-order valence-corrected chi connectivity index (χ2v) is 4.19. The van der Waals surface area contributed by atoms with Gasteiger partial charge in [0.2, 0.25) is 0 Å². The Bertz CT molecular complexity index is 337. The van der Waals surface area contributed by atoms with E-state index in [1.165, 1.54) is 12.1 Å². The van der Waals surface area contributed by atoms with Crippen molar-refractivity contribution in [3.05, 3.63) is 35.6 Å². The molecule has 0 amide bonds. The second-order valence-electron chi connectivity index (χ2n) is 4.19. The van der Waals surface area contributed by atoms with Crippen LogP contribution in [0.1, 0.15) is 17.9 Å². The van der Waals surface area contributed by atoms with Crippen LogP contribution < -0.4 is 0 Å². The average molecular weight is 229 g/mol. The first-order chi connectivity index (χ1) is 7.65. The van der Waals surface area contributed by atoms with Crippen LogP contribution >= 0.6 is 0 Å². The molecule has 1 aromatic carbocycles. The Kier molecular flexibility index (Phi) is 3.49. The molecule has 0 N–H and O–H groups in total. The smallest absolute Gasteiger partial charge is 0.251 e. The molecular weight excluding hydrogens is 215 g/mol. The number of alkyl halides is 2. The van der Waals surface area contributed by atoms with Gasteiger partial charge in [-0.2, -0.15) is 0 Å². The second kappa shape index (κ2) is 4.87. The molecule has 2 rings (SSSR count). The van der Waals surface area contributed by atoms with E-state index in [2.05, 4.69) is 0 Å². The molecule has 1 fully saturated rings. The largest absolute Gasteiger partial charge is 0.297 e. The zero-order valence-corrected chi connectivity index (χ0v) is 8.87. The summed E-state index contributed by atoms with van der Waals surface area (Å²) < 4.78 is 37.1. The Labute approximate surface area is 92.9 Å². The molecule has 0 spiro atoms. The van der Waals surface area contributed by atoms with Gasteiger partial charge in [0.05, 0.1) is 6.54 Å². The fourth-order valence-electron chi connectivity index (χ4n) is 2.20. The third kappa shape index (κ3) is 2.76. The van der Waals surface area contributed by atoms with Gasteiger partial charge in [0.15, 0.2) is 0 Å². The summed E-state index contributed by atoms with van der Waals surface area (Å²) in [5, 5.41) is 0. The normalized spacial score (nSPS) is 21.9. The summed E-state index contributed by atoms with van der Waals surface area (Å²) in [7, 11) is 0. The fourth-order valence-corrected chi connectivity index (χ4v) is 2.20. The minimum atomic E-state index is -2.27. The number of hydrogen-bond donors (Lipinski definition) is 0. The summed E-state index contributed by atoms with van der Waals surface area (Å²) in [6, 6.07) is 6.33. The topological polar surface area (TPSA) is 3.24 Å². The lowest BCUT2D eigenvalue weighted by Crippen LogP contribution is -2.26. The van der Waals surface area contributed by atoms with Gasteiger partial charge in [0, 0.05) is 6.54 Å². The van der Waals surface area contributed by atoms with Crippen molar-refractivity contribution in [1.29, 1.82) is 0 Å². The lowest BCUT2D eigenvalue weighted by atomic mass is 9.99. The van der Waals surface area contributed by atoms with Crippen LogP contribution in [-0.2, 0) is 0 Å². The summed E-state index contributed by atoms with van der Waals surface area (Å²) in [6.07, 6.45) is -1.40. The van der Waals surface area contributed by atoms with E-state index in [0.29, 0.717) is 13.1 Å². The van der Waals surface area contributed by atoms with Gasteiger partial charge >= 0.3 is 0 Å². The molecule has 16 heavy (non-hydrogen) atoms. The zero-order valence-electron chi connectivity index (χ0n) is 8.87. The van der Waals surface area contributed by atoms with Gasteiger partial charge in [-0.3, -0.25) is 4.90 Å². The van der Waals surface area contributed by atoms with Crippen LogP contribution in [-0.4, -0.2) is 31.0 Å². The molecule has 0 saturated carbocycles. The van der Waals surface area contributed by atoms with Gasteiger partial charge in [0.1, 0.15) is 5.82 Å². The number of benzene rings is 1. The molecule has 4 heteroatoms. The van der Waals surface area contributed by atoms with Crippen molar-refractivity contribution in [2.45, 2.75) is 18.8 Å². The predicted octanol–water partition coefficient (Wildman–Crippen LogP) is 2.88. The molecule has 0 aliphatic carbocycles. The molecule has 0 aromatic heterocycles. The molecule has 0 bridgehead atoms. The number of rotatable bonds is 3. The van der Waals surface area contributed by atoms with Crippen molar-refractivity contribution in [3.63, 3.8) is 0 Å². The van der Waals surface area contributed by atoms with Crippen molar-refractivity contribution in [1.82, 2.24) is 4.90 Å². The van der Waals surface area contributed by atoms with Crippen LogP contribution in [0.3, 0.4) is 0 Å². The van der Waals surface area contributed by atoms with Gasteiger partial charge in [-0.05, 0) is 36.6 Å². The van der Waals surface area contributed by atoms with E-state index in [9.17, 15) is 13.2 Å². The Morgan fingerprint density at radius 2 is 1.94 bits per heavy atom. The van der Waals surface area contributed by atoms with Gasteiger partial charge in [0.25, 0.3) is 6.43 Å². The van der Waals surface area contributed by atoms with E-state index in [1.54, 1.807) is 17.0 Å². The Balaban J connectivity index is 1.95. The third-order valence-electron chi connectivity index (χ3n) is 3.01. The summed E-state index contributed by atoms with van der Waals surface area (Å²) in [5.74, 6) is 0.00512. The first kappa shape index (κ1) is 11.5. The van der Waals surface area contributed by atoms with E-state index in [4.69, 9.17) is 0 Å². The maximum absolute atomic E-state index is 12.7. The standard InChI is InChI=1S/C12H14F3N/c13-11-3-1-9(2-4-11)10-5-6-16(7-10)8-12(14)15/h1-4,10,12H,5-8H2. The maximum atomic E-state index is 12.7. The molecule has 0 radical (unpaired) electrons. The summed E-state index contributed by atoms with van der Waals surface area (Å²) in [4.78, 5) is 1.76. The molecule has 88 valence electrons. The highest BCUT2D eigenvalue weighted by Crippen LogP contribution is 2.27. The van der Waals surface area contributed by atoms with E-state index in [0.717, 1.165) is 12.0 Å². The average Bonchev–Trinajstić information content (AvgIpc) is 2.66. The maximum Gasteiger partial charge on any atom is 0.251 e. The number of hydrogen-bond acceptors (Lipinski definition) is 1. The predicted molar refractivity (Wildman–Crippen MR) is 56.2 cm³/mol. The molecule has 1 nitrogen and oxygen atoms in total. The molecule has 1 atom stereocenters. The van der Waals surface area contributed by atoms with Crippen LogP contribution in [0.2, 0.25) is 0 Å². The fraction of sp³-hybridized carbons (Fsp3) is 0.500. The SMILES string of the molecule is Fc1ccc(C2CCN(CC(F)F)C2)cc1. The highest BCUT2D eigenvalue weighted by molar-refractivity contribution is 5.21. The van der Waals surface area contributed by atoms with Crippen molar-refractivity contribution < 1.29 is 13.2 Å². The van der Waals surface area contributed by atoms with Gasteiger partial charge in [-0.25, -0.2) is 13.2 Å². The number of nitrogens with zero attached hydrogens (tertiary/aromatic N) is 1. The van der Waals surface area contributed by atoms with E-state index in [1.807, 2.05) is 0 Å². The summed E-state index contributed by atoms with van der Waals surface area (Å²) >= 11 is 0. The Hall–Kier alpha value is -1.03. The van der Waals surface area contributed by atoms with E-state index in [-0.39, 0.29) is 18.3 Å². The number of halogens is 3. The highest BCUT2D eigenvalue weighted by atomic mass is 19.3. The van der Waals surface area contributed by atoms with Crippen LogP contribution in [0, 0.1) is 5.82 Å². The lowest BCUT2D eigenvalue weighted by molar-refractivity contribution is 0.0990. The quantitative estimate of drug-likeness (QED) is 0.770. The Morgan fingerprint density at radius 1 is 1.25 bits per heavy atom. The molecular formula is C12H14F3N. The van der Waals surface area contributed by atoms with Crippen LogP contribution in [0.15, 0.2) is 24.3 Å². The highest BCUT2D eigenvalue weighted by Gasteiger charge is 2.25. The summed E-state index contributed by atoms with van der Waals surface area (Å²) in [5.41, 5.74) is 1.04. The van der Waals surface area contributed by atoms with Gasteiger partial charge in [-0.1, -0.05) is 12.1 Å². The first-order valence-electron chi connectivity index (χ1n) is 5.41. The van der Waals surface area contributed by atoms with Crippen LogP contribution in [0.25, 0.3) is 0 Å².